The molecule has 212 valence electrons. The van der Waals surface area contributed by atoms with Gasteiger partial charge in [-0.3, -0.25) is 14.4 Å². The Morgan fingerprint density at radius 1 is 1.12 bits per heavy atom. The molecule has 2 aromatic rings. The first kappa shape index (κ1) is 28.1. The minimum Gasteiger partial charge on any atom is -0.396 e. The average Bonchev–Trinajstić information content (AvgIpc) is 3.61. The Balaban J connectivity index is 1.55. The lowest BCUT2D eigenvalue weighted by Crippen LogP contribution is -2.56. The van der Waals surface area contributed by atoms with E-state index < -0.39 is 29.6 Å². The second-order valence-electron chi connectivity index (χ2n) is 11.0. The number of fused-ring (bicyclic) bond motifs is 2. The molecule has 40 heavy (non-hydrogen) atoms. The Bertz CT molecular complexity index is 1310. The molecular formula is C32H39N3O5. The highest BCUT2D eigenvalue weighted by Crippen LogP contribution is 2.59. The van der Waals surface area contributed by atoms with E-state index in [1.807, 2.05) is 49.4 Å². The molecule has 3 fully saturated rings. The number of carbonyl (C=O) groups excluding carboxylic acids is 3. The molecule has 2 unspecified atom stereocenters. The van der Waals surface area contributed by atoms with Crippen LogP contribution >= 0.6 is 0 Å². The summed E-state index contributed by atoms with van der Waals surface area (Å²) in [5, 5.41) is 11.7. The minimum atomic E-state index is -1.09. The molecular weight excluding hydrogens is 506 g/mol. The van der Waals surface area contributed by atoms with Gasteiger partial charge in [-0.2, -0.15) is 0 Å². The number of aliphatic hydroxyl groups is 1. The molecule has 3 aliphatic rings. The molecule has 2 bridgehead atoms. The van der Waals surface area contributed by atoms with E-state index >= 15 is 0 Å². The maximum absolute atomic E-state index is 14.6. The van der Waals surface area contributed by atoms with Crippen molar-refractivity contribution in [3.05, 3.63) is 67.8 Å². The van der Waals surface area contributed by atoms with Gasteiger partial charge in [0.15, 0.2) is 0 Å². The number of nitrogens with zero attached hydrogens (tertiary/aromatic N) is 3. The summed E-state index contributed by atoms with van der Waals surface area (Å²) in [6.07, 6.45) is 5.22. The fourth-order valence-electron chi connectivity index (χ4n) is 7.07. The van der Waals surface area contributed by atoms with Crippen molar-refractivity contribution in [1.82, 2.24) is 9.80 Å². The highest BCUT2D eigenvalue weighted by atomic mass is 16.5. The summed E-state index contributed by atoms with van der Waals surface area (Å²) in [6.45, 7) is 11.0. The second kappa shape index (κ2) is 11.6. The van der Waals surface area contributed by atoms with E-state index in [1.165, 1.54) is 0 Å². The minimum absolute atomic E-state index is 0.112. The number of anilines is 1. The van der Waals surface area contributed by atoms with Crippen LogP contribution in [0.25, 0.3) is 10.8 Å². The smallest absolute Gasteiger partial charge is 0.253 e. The number of likely N-dealkylation sites (tertiary alicyclic amines) is 1. The molecule has 0 saturated carbocycles. The molecule has 3 amide bonds. The van der Waals surface area contributed by atoms with Gasteiger partial charge in [-0.1, -0.05) is 49.4 Å². The highest BCUT2D eigenvalue weighted by Gasteiger charge is 2.74. The fraction of sp³-hybridized carbons (Fsp3) is 0.469. The number of amides is 3. The van der Waals surface area contributed by atoms with Crippen molar-refractivity contribution in [2.45, 2.75) is 50.4 Å². The molecule has 1 spiro atoms. The second-order valence-corrected chi connectivity index (χ2v) is 11.0. The summed E-state index contributed by atoms with van der Waals surface area (Å²) in [5.74, 6) is -1.98. The number of carbonyl (C=O) groups is 3. The van der Waals surface area contributed by atoms with Crippen molar-refractivity contribution >= 4 is 34.2 Å². The maximum Gasteiger partial charge on any atom is 0.253 e. The molecule has 3 aliphatic heterocycles. The monoisotopic (exact) mass is 545 g/mol. The standard InChI is InChI=1S/C32H39N3O5/c1-4-16-33(17-5-2)29(37)26-25-14-15-32(40-25)27(26)30(38)35(19-9-20-36)28(32)31(39)34(18-6-3)24-13-12-22-10-7-8-11-23(22)21-24/h4,6-8,10-13,21,25-28,36H,1,3,5,9,14-20H2,2H3/t25-,26+,27-,28?,32?/m0/s1. The summed E-state index contributed by atoms with van der Waals surface area (Å²) in [5.41, 5.74) is -0.380. The summed E-state index contributed by atoms with van der Waals surface area (Å²) in [6, 6.07) is 12.9. The average molecular weight is 546 g/mol. The lowest BCUT2D eigenvalue weighted by Gasteiger charge is -2.37. The maximum atomic E-state index is 14.6. The van der Waals surface area contributed by atoms with Crippen molar-refractivity contribution in [2.75, 3.05) is 37.7 Å². The van der Waals surface area contributed by atoms with E-state index in [2.05, 4.69) is 13.2 Å². The van der Waals surface area contributed by atoms with Crippen LogP contribution in [0.1, 0.15) is 32.6 Å². The van der Waals surface area contributed by atoms with Crippen molar-refractivity contribution in [3.63, 3.8) is 0 Å². The van der Waals surface area contributed by atoms with Crippen LogP contribution in [-0.2, 0) is 19.1 Å². The molecule has 1 N–H and O–H groups in total. The summed E-state index contributed by atoms with van der Waals surface area (Å²) < 4.78 is 6.60. The number of aliphatic hydroxyl groups excluding tert-OH is 1. The van der Waals surface area contributed by atoms with Gasteiger partial charge in [-0.25, -0.2) is 0 Å². The van der Waals surface area contributed by atoms with Crippen LogP contribution in [0, 0.1) is 11.8 Å². The summed E-state index contributed by atoms with van der Waals surface area (Å²) >= 11 is 0. The first-order chi connectivity index (χ1) is 19.4. The molecule has 0 aromatic heterocycles. The van der Waals surface area contributed by atoms with Crippen molar-refractivity contribution < 1.29 is 24.2 Å². The molecule has 0 radical (unpaired) electrons. The van der Waals surface area contributed by atoms with E-state index in [0.717, 1.165) is 17.2 Å². The zero-order valence-corrected chi connectivity index (χ0v) is 23.2. The van der Waals surface area contributed by atoms with Crippen LogP contribution in [0.2, 0.25) is 0 Å². The van der Waals surface area contributed by atoms with E-state index in [-0.39, 0.29) is 37.4 Å². The van der Waals surface area contributed by atoms with E-state index in [1.54, 1.807) is 26.9 Å². The molecule has 5 rings (SSSR count). The number of hydrogen-bond donors (Lipinski definition) is 1. The van der Waals surface area contributed by atoms with Gasteiger partial charge in [0.25, 0.3) is 5.91 Å². The van der Waals surface area contributed by atoms with Gasteiger partial charge in [0, 0.05) is 38.5 Å². The Kier molecular flexibility index (Phi) is 8.10. The van der Waals surface area contributed by atoms with Gasteiger partial charge in [0.05, 0.1) is 17.9 Å². The van der Waals surface area contributed by atoms with E-state index in [4.69, 9.17) is 4.74 Å². The van der Waals surface area contributed by atoms with Crippen LogP contribution in [0.4, 0.5) is 5.69 Å². The summed E-state index contributed by atoms with van der Waals surface area (Å²) in [7, 11) is 0. The van der Waals surface area contributed by atoms with E-state index in [9.17, 15) is 19.5 Å². The van der Waals surface area contributed by atoms with Crippen molar-refractivity contribution in [3.8, 4) is 0 Å². The third-order valence-electron chi connectivity index (χ3n) is 8.65. The summed E-state index contributed by atoms with van der Waals surface area (Å²) in [4.78, 5) is 47.5. The van der Waals surface area contributed by atoms with Crippen molar-refractivity contribution in [2.24, 2.45) is 11.8 Å². The van der Waals surface area contributed by atoms with Crippen LogP contribution in [-0.4, -0.2) is 83.2 Å². The largest absolute Gasteiger partial charge is 0.396 e. The fourth-order valence-corrected chi connectivity index (χ4v) is 7.07. The lowest BCUT2D eigenvalue weighted by atomic mass is 9.70. The quantitative estimate of drug-likeness (QED) is 0.412. The van der Waals surface area contributed by atoms with Gasteiger partial charge >= 0.3 is 0 Å². The Labute approximate surface area is 235 Å². The number of hydrogen-bond acceptors (Lipinski definition) is 5. The topological polar surface area (TPSA) is 90.4 Å². The van der Waals surface area contributed by atoms with Crippen LogP contribution in [0.5, 0.6) is 0 Å². The van der Waals surface area contributed by atoms with Crippen LogP contribution in [0.3, 0.4) is 0 Å². The predicted octanol–water partition coefficient (Wildman–Crippen LogP) is 3.54. The Morgan fingerprint density at radius 3 is 2.58 bits per heavy atom. The van der Waals surface area contributed by atoms with E-state index in [0.29, 0.717) is 38.0 Å². The number of rotatable bonds is 12. The van der Waals surface area contributed by atoms with Gasteiger partial charge < -0.3 is 24.5 Å². The van der Waals surface area contributed by atoms with Gasteiger partial charge in [0.1, 0.15) is 11.6 Å². The number of ether oxygens (including phenoxy) is 1. The zero-order valence-electron chi connectivity index (χ0n) is 23.2. The highest BCUT2D eigenvalue weighted by molar-refractivity contribution is 6.05. The van der Waals surface area contributed by atoms with Crippen LogP contribution in [0.15, 0.2) is 67.8 Å². The zero-order chi connectivity index (χ0) is 28.4. The molecule has 0 aliphatic carbocycles. The molecule has 5 atom stereocenters. The first-order valence-corrected chi connectivity index (χ1v) is 14.3. The van der Waals surface area contributed by atoms with Crippen molar-refractivity contribution in [1.29, 1.82) is 0 Å². The van der Waals surface area contributed by atoms with Crippen LogP contribution < -0.4 is 4.90 Å². The normalized spacial score (nSPS) is 26.6. The molecule has 3 heterocycles. The van der Waals surface area contributed by atoms with Gasteiger partial charge in [-0.05, 0) is 48.6 Å². The predicted molar refractivity (Wildman–Crippen MR) is 155 cm³/mol. The van der Waals surface area contributed by atoms with Gasteiger partial charge in [0.2, 0.25) is 11.8 Å². The third kappa shape index (κ3) is 4.53. The Hall–Kier alpha value is -3.49. The third-order valence-corrected chi connectivity index (χ3v) is 8.65. The Morgan fingerprint density at radius 2 is 1.88 bits per heavy atom. The lowest BCUT2D eigenvalue weighted by molar-refractivity contribution is -0.145. The molecule has 8 nitrogen and oxygen atoms in total. The first-order valence-electron chi connectivity index (χ1n) is 14.3. The number of benzene rings is 2. The van der Waals surface area contributed by atoms with Gasteiger partial charge in [-0.15, -0.1) is 13.2 Å². The molecule has 3 saturated heterocycles. The SMILES string of the molecule is C=CCN(CCC)C(=O)[C@@H]1[C@@H]2CCC3(O2)C(C(=O)N(CC=C)c2ccc4ccccc4c2)N(CCCO)C(=O)[C@H]13. The molecule has 8 heteroatoms. The molecule has 2 aromatic carbocycles.